The minimum absolute atomic E-state index is 0.0532. The molecule has 0 radical (unpaired) electrons. The first kappa shape index (κ1) is 17.6. The first-order valence-corrected chi connectivity index (χ1v) is 7.75. The maximum absolute atomic E-state index is 12.4. The van der Waals surface area contributed by atoms with Crippen molar-refractivity contribution in [3.63, 3.8) is 0 Å². The van der Waals surface area contributed by atoms with Crippen LogP contribution in [-0.4, -0.2) is 43.7 Å². The Kier molecular flexibility index (Phi) is 5.62. The third-order valence-corrected chi connectivity index (χ3v) is 3.61. The number of carboxylic acids is 1. The Hall–Kier alpha value is -2.77. The van der Waals surface area contributed by atoms with Gasteiger partial charge in [-0.25, -0.2) is 0 Å². The second-order valence-corrected chi connectivity index (χ2v) is 5.97. The smallest absolute Gasteiger partial charge is 0.308 e. The van der Waals surface area contributed by atoms with Crippen LogP contribution in [0.15, 0.2) is 30.3 Å². The summed E-state index contributed by atoms with van der Waals surface area (Å²) in [4.78, 5) is 24.6. The fourth-order valence-electron chi connectivity index (χ4n) is 2.17. The van der Waals surface area contributed by atoms with Crippen LogP contribution in [0.3, 0.4) is 0 Å². The van der Waals surface area contributed by atoms with Gasteiger partial charge in [-0.1, -0.05) is 51.1 Å². The van der Waals surface area contributed by atoms with Crippen molar-refractivity contribution in [2.75, 3.05) is 6.54 Å². The molecule has 2 N–H and O–H groups in total. The quantitative estimate of drug-likeness (QED) is 0.793. The highest BCUT2D eigenvalue weighted by Crippen LogP contribution is 2.18. The number of carbonyl (C=O) groups excluding carboxylic acids is 1. The molecule has 8 heteroatoms. The second kappa shape index (κ2) is 7.67. The number of tetrazole rings is 1. The van der Waals surface area contributed by atoms with Gasteiger partial charge in [0.25, 0.3) is 0 Å². The topological polar surface area (TPSA) is 110 Å². The maximum atomic E-state index is 12.4. The van der Waals surface area contributed by atoms with Crippen molar-refractivity contribution < 1.29 is 14.7 Å². The van der Waals surface area contributed by atoms with Crippen molar-refractivity contribution in [1.29, 1.82) is 0 Å². The molecule has 0 bridgehead atoms. The number of benzene rings is 1. The molecule has 2 atom stereocenters. The number of carbonyl (C=O) groups is 2. The maximum Gasteiger partial charge on any atom is 0.308 e. The van der Waals surface area contributed by atoms with Gasteiger partial charge in [0, 0.05) is 12.1 Å². The summed E-state index contributed by atoms with van der Waals surface area (Å²) in [6, 6.07) is 8.70. The summed E-state index contributed by atoms with van der Waals surface area (Å²) in [5.41, 5.74) is 0.811. The third kappa shape index (κ3) is 4.15. The zero-order valence-corrected chi connectivity index (χ0v) is 13.9. The number of aliphatic carboxylic acids is 1. The highest BCUT2D eigenvalue weighted by Gasteiger charge is 2.27. The summed E-state index contributed by atoms with van der Waals surface area (Å²) in [6.45, 7) is 5.33. The number of nitrogens with zero attached hydrogens (tertiary/aromatic N) is 4. The Morgan fingerprint density at radius 2 is 1.88 bits per heavy atom. The summed E-state index contributed by atoms with van der Waals surface area (Å²) < 4.78 is 0. The third-order valence-electron chi connectivity index (χ3n) is 3.61. The normalized spacial score (nSPS) is 13.5. The van der Waals surface area contributed by atoms with E-state index in [9.17, 15) is 9.59 Å². The highest BCUT2D eigenvalue weighted by atomic mass is 16.4. The summed E-state index contributed by atoms with van der Waals surface area (Å²) in [5, 5.41) is 23.8. The zero-order chi connectivity index (χ0) is 17.7. The van der Waals surface area contributed by atoms with Crippen LogP contribution >= 0.6 is 0 Å². The number of hydrogen-bond acceptors (Lipinski definition) is 5. The van der Waals surface area contributed by atoms with Crippen molar-refractivity contribution >= 4 is 11.9 Å². The van der Waals surface area contributed by atoms with Gasteiger partial charge in [0.05, 0.1) is 5.92 Å². The summed E-state index contributed by atoms with van der Waals surface area (Å²) in [7, 11) is 0. The Bertz CT molecular complexity index is 699. The zero-order valence-electron chi connectivity index (χ0n) is 13.9. The van der Waals surface area contributed by atoms with Gasteiger partial charge in [0.15, 0.2) is 6.04 Å². The van der Waals surface area contributed by atoms with E-state index in [2.05, 4.69) is 20.7 Å². The van der Waals surface area contributed by atoms with Gasteiger partial charge < -0.3 is 10.4 Å². The van der Waals surface area contributed by atoms with Gasteiger partial charge >= 0.3 is 5.97 Å². The molecule has 1 heterocycles. The molecule has 2 aromatic rings. The minimum atomic E-state index is -0.957. The van der Waals surface area contributed by atoms with E-state index in [1.54, 1.807) is 0 Å². The Balaban J connectivity index is 2.15. The average molecular weight is 331 g/mol. The Morgan fingerprint density at radius 3 is 2.46 bits per heavy atom. The number of carboxylic acid groups (broad SMARTS) is 1. The molecule has 0 aliphatic heterocycles. The van der Waals surface area contributed by atoms with Crippen LogP contribution < -0.4 is 5.32 Å². The number of aromatic nitrogens is 4. The Labute approximate surface area is 139 Å². The SMILES string of the molecule is CC(CNC(=O)C(C(C)C)n1nnc(-c2ccccc2)n1)C(=O)O. The van der Waals surface area contributed by atoms with Crippen LogP contribution in [0.1, 0.15) is 26.8 Å². The largest absolute Gasteiger partial charge is 0.481 e. The van der Waals surface area contributed by atoms with Crippen molar-refractivity contribution in [1.82, 2.24) is 25.5 Å². The molecule has 24 heavy (non-hydrogen) atoms. The lowest BCUT2D eigenvalue weighted by Gasteiger charge is -2.19. The minimum Gasteiger partial charge on any atom is -0.481 e. The molecular weight excluding hydrogens is 310 g/mol. The van der Waals surface area contributed by atoms with E-state index >= 15 is 0 Å². The Morgan fingerprint density at radius 1 is 1.21 bits per heavy atom. The number of hydrogen-bond donors (Lipinski definition) is 2. The van der Waals surface area contributed by atoms with Crippen molar-refractivity contribution in [2.45, 2.75) is 26.8 Å². The van der Waals surface area contributed by atoms with Crippen LogP contribution in [0.5, 0.6) is 0 Å². The van der Waals surface area contributed by atoms with Crippen LogP contribution in [0.25, 0.3) is 11.4 Å². The van der Waals surface area contributed by atoms with Crippen molar-refractivity contribution in [3.8, 4) is 11.4 Å². The molecular formula is C16H21N5O3. The van der Waals surface area contributed by atoms with Crippen LogP contribution in [-0.2, 0) is 9.59 Å². The highest BCUT2D eigenvalue weighted by molar-refractivity contribution is 5.81. The van der Waals surface area contributed by atoms with Gasteiger partial charge in [-0.05, 0) is 11.1 Å². The van der Waals surface area contributed by atoms with Gasteiger partial charge in [0.2, 0.25) is 11.7 Å². The van der Waals surface area contributed by atoms with E-state index in [4.69, 9.17) is 5.11 Å². The molecule has 0 aliphatic rings. The molecule has 1 amide bonds. The number of nitrogens with one attached hydrogen (secondary N) is 1. The standard InChI is InChI=1S/C16H21N5O3/c1-10(2)13(15(22)17-9-11(3)16(23)24)21-19-14(18-20-21)12-7-5-4-6-8-12/h4-8,10-11,13H,9H2,1-3H3,(H,17,22)(H,23,24). The second-order valence-electron chi connectivity index (χ2n) is 5.97. The molecule has 0 fully saturated rings. The van der Waals surface area contributed by atoms with E-state index in [1.165, 1.54) is 11.7 Å². The van der Waals surface area contributed by atoms with Gasteiger partial charge in [-0.2, -0.15) is 4.80 Å². The molecule has 0 spiro atoms. The molecule has 1 aromatic heterocycles. The molecule has 0 aliphatic carbocycles. The van der Waals surface area contributed by atoms with E-state index in [1.807, 2.05) is 44.2 Å². The molecule has 2 unspecified atom stereocenters. The van der Waals surface area contributed by atoms with E-state index in [-0.39, 0.29) is 18.4 Å². The number of amides is 1. The van der Waals surface area contributed by atoms with Crippen LogP contribution in [0, 0.1) is 11.8 Å². The molecule has 0 saturated carbocycles. The molecule has 8 nitrogen and oxygen atoms in total. The lowest BCUT2D eigenvalue weighted by molar-refractivity contribution is -0.141. The lowest BCUT2D eigenvalue weighted by atomic mass is 10.0. The average Bonchev–Trinajstić information content (AvgIpc) is 3.02. The fourth-order valence-corrected chi connectivity index (χ4v) is 2.17. The predicted octanol–water partition coefficient (Wildman–Crippen LogP) is 1.37. The van der Waals surface area contributed by atoms with Crippen molar-refractivity contribution in [2.24, 2.45) is 11.8 Å². The molecule has 0 saturated heterocycles. The first-order chi connectivity index (χ1) is 11.4. The van der Waals surface area contributed by atoms with Crippen LogP contribution in [0.4, 0.5) is 0 Å². The summed E-state index contributed by atoms with van der Waals surface area (Å²) in [5.74, 6) is -1.59. The predicted molar refractivity (Wildman–Crippen MR) is 86.9 cm³/mol. The van der Waals surface area contributed by atoms with E-state index < -0.39 is 17.9 Å². The van der Waals surface area contributed by atoms with Gasteiger partial charge in [-0.15, -0.1) is 10.2 Å². The number of rotatable bonds is 7. The van der Waals surface area contributed by atoms with E-state index in [0.29, 0.717) is 5.82 Å². The van der Waals surface area contributed by atoms with Gasteiger partial charge in [0.1, 0.15) is 0 Å². The van der Waals surface area contributed by atoms with Gasteiger partial charge in [-0.3, -0.25) is 9.59 Å². The first-order valence-electron chi connectivity index (χ1n) is 7.75. The monoisotopic (exact) mass is 331 g/mol. The molecule has 128 valence electrons. The fraction of sp³-hybridized carbons (Fsp3) is 0.438. The van der Waals surface area contributed by atoms with Crippen molar-refractivity contribution in [3.05, 3.63) is 30.3 Å². The van der Waals surface area contributed by atoms with E-state index in [0.717, 1.165) is 5.56 Å². The molecule has 2 rings (SSSR count). The summed E-state index contributed by atoms with van der Waals surface area (Å²) >= 11 is 0. The molecule has 1 aromatic carbocycles. The summed E-state index contributed by atoms with van der Waals surface area (Å²) in [6.07, 6.45) is 0. The van der Waals surface area contributed by atoms with Crippen LogP contribution in [0.2, 0.25) is 0 Å². The lowest BCUT2D eigenvalue weighted by Crippen LogP contribution is -2.39.